The Kier molecular flexibility index (Phi) is 17.4. The minimum Gasteiger partial charge on any atom is -0.411 e. The molecule has 1 fully saturated rings. The van der Waals surface area contributed by atoms with Gasteiger partial charge in [-0.05, 0) is 0 Å². The van der Waals surface area contributed by atoms with Crippen LogP contribution < -0.4 is 29.6 Å². The van der Waals surface area contributed by atoms with E-state index < -0.39 is 0 Å². The van der Waals surface area contributed by atoms with Crippen LogP contribution in [0, 0.1) is 0 Å². The van der Waals surface area contributed by atoms with Gasteiger partial charge in [-0.2, -0.15) is 0 Å². The molecule has 0 atom stereocenters. The SMILES string of the molecule is S=C([S-])N1CCOCCOCCOCCOCCOCC1.[Na+]. The first-order valence-corrected chi connectivity index (χ1v) is 7.97. The van der Waals surface area contributed by atoms with Crippen LogP contribution in [0.25, 0.3) is 0 Å². The molecule has 1 saturated heterocycles. The Morgan fingerprint density at radius 1 is 0.636 bits per heavy atom. The Morgan fingerprint density at radius 2 is 0.909 bits per heavy atom. The molecule has 1 rings (SSSR count). The second-order valence-corrected chi connectivity index (χ2v) is 5.35. The first-order valence-electron chi connectivity index (χ1n) is 7.15. The molecule has 0 aromatic carbocycles. The minimum absolute atomic E-state index is 0. The van der Waals surface area contributed by atoms with Crippen LogP contribution in [0.3, 0.4) is 0 Å². The Labute approximate surface area is 165 Å². The van der Waals surface area contributed by atoms with Gasteiger partial charge in [0.1, 0.15) is 0 Å². The van der Waals surface area contributed by atoms with E-state index in [-0.39, 0.29) is 29.6 Å². The topological polar surface area (TPSA) is 49.4 Å². The van der Waals surface area contributed by atoms with Crippen LogP contribution in [0.4, 0.5) is 0 Å². The fourth-order valence-corrected chi connectivity index (χ4v) is 1.99. The maximum atomic E-state index is 5.49. The van der Waals surface area contributed by atoms with E-state index in [0.717, 1.165) is 0 Å². The van der Waals surface area contributed by atoms with Crippen molar-refractivity contribution in [3.63, 3.8) is 0 Å². The summed E-state index contributed by atoms with van der Waals surface area (Å²) < 4.78 is 27.5. The van der Waals surface area contributed by atoms with Gasteiger partial charge in [0.2, 0.25) is 0 Å². The van der Waals surface area contributed by atoms with Crippen molar-refractivity contribution in [1.29, 1.82) is 0 Å². The first-order chi connectivity index (χ1) is 10.3. The first kappa shape index (κ1) is 22.9. The monoisotopic (exact) mass is 361 g/mol. The summed E-state index contributed by atoms with van der Waals surface area (Å²) in [7, 11) is 0. The van der Waals surface area contributed by atoms with Gasteiger partial charge in [-0.25, -0.2) is 0 Å². The third kappa shape index (κ3) is 13.4. The summed E-state index contributed by atoms with van der Waals surface area (Å²) in [6, 6.07) is 0. The molecule has 0 spiro atoms. The quantitative estimate of drug-likeness (QED) is 0.261. The summed E-state index contributed by atoms with van der Waals surface area (Å²) in [4.78, 5) is 1.91. The van der Waals surface area contributed by atoms with Gasteiger partial charge in [-0.3, -0.25) is 0 Å². The second kappa shape index (κ2) is 16.8. The van der Waals surface area contributed by atoms with Crippen molar-refractivity contribution in [2.24, 2.45) is 0 Å². The summed E-state index contributed by atoms with van der Waals surface area (Å²) in [5, 5.41) is 0. The Hall–Kier alpha value is 0.910. The van der Waals surface area contributed by atoms with E-state index in [0.29, 0.717) is 83.5 Å². The molecule has 0 saturated carbocycles. The minimum atomic E-state index is 0. The Bertz CT molecular complexity index is 259. The van der Waals surface area contributed by atoms with E-state index in [1.54, 1.807) is 0 Å². The van der Waals surface area contributed by atoms with Crippen LogP contribution in [-0.2, 0) is 36.3 Å². The number of hydrogen-bond donors (Lipinski definition) is 0. The molecule has 22 heavy (non-hydrogen) atoms. The average Bonchev–Trinajstić information content (AvgIpc) is 2.47. The van der Waals surface area contributed by atoms with Gasteiger partial charge in [0, 0.05) is 13.1 Å². The molecule has 6 nitrogen and oxygen atoms in total. The summed E-state index contributed by atoms with van der Waals surface area (Å²) >= 11 is 10.1. The molecule has 0 N–H and O–H groups in total. The standard InChI is InChI=1S/C13H25NO5S2.Na/c20-13(21)14-1-3-15-5-7-17-9-11-19-12-10-18-8-6-16-4-2-14;/h1-12H2,(H,20,21);/q;+1/p-1. The van der Waals surface area contributed by atoms with Crippen molar-refractivity contribution in [2.75, 3.05) is 79.2 Å². The molecule has 9 heteroatoms. The van der Waals surface area contributed by atoms with Gasteiger partial charge < -0.3 is 53.4 Å². The van der Waals surface area contributed by atoms with E-state index in [4.69, 9.17) is 48.5 Å². The van der Waals surface area contributed by atoms with Crippen LogP contribution in [0.1, 0.15) is 0 Å². The van der Waals surface area contributed by atoms with Gasteiger partial charge in [-0.1, -0.05) is 4.32 Å². The molecule has 0 bridgehead atoms. The van der Waals surface area contributed by atoms with Gasteiger partial charge in [0.05, 0.1) is 66.1 Å². The molecule has 1 aliphatic rings. The molecular weight excluding hydrogens is 337 g/mol. The number of thiocarbonyl (C=S) groups is 1. The summed E-state index contributed by atoms with van der Waals surface area (Å²) in [5.74, 6) is 0. The maximum absolute atomic E-state index is 5.49. The van der Waals surface area contributed by atoms with Crippen LogP contribution in [0.15, 0.2) is 0 Å². The molecule has 0 aliphatic carbocycles. The van der Waals surface area contributed by atoms with Crippen LogP contribution in [0.5, 0.6) is 0 Å². The molecule has 0 aromatic rings. The number of ether oxygens (including phenoxy) is 5. The molecule has 1 heterocycles. The third-order valence-electron chi connectivity index (χ3n) is 2.76. The fraction of sp³-hybridized carbons (Fsp3) is 0.923. The van der Waals surface area contributed by atoms with Crippen LogP contribution in [0.2, 0.25) is 0 Å². The number of nitrogens with zero attached hydrogens (tertiary/aromatic N) is 1. The number of rotatable bonds is 0. The zero-order valence-electron chi connectivity index (χ0n) is 13.3. The largest absolute Gasteiger partial charge is 1.00 e. The maximum Gasteiger partial charge on any atom is 1.00 e. The zero-order chi connectivity index (χ0) is 15.2. The molecule has 0 unspecified atom stereocenters. The van der Waals surface area contributed by atoms with E-state index in [1.807, 2.05) is 4.90 Å². The predicted molar refractivity (Wildman–Crippen MR) is 85.6 cm³/mol. The van der Waals surface area contributed by atoms with Gasteiger partial charge >= 0.3 is 29.6 Å². The number of hydrogen-bond acceptors (Lipinski definition) is 7. The van der Waals surface area contributed by atoms with Crippen molar-refractivity contribution < 1.29 is 53.2 Å². The predicted octanol–water partition coefficient (Wildman–Crippen LogP) is -2.78. The van der Waals surface area contributed by atoms with E-state index in [9.17, 15) is 0 Å². The van der Waals surface area contributed by atoms with Crippen molar-refractivity contribution in [1.82, 2.24) is 4.90 Å². The molecular formula is C13H24NNaO5S2. The van der Waals surface area contributed by atoms with E-state index >= 15 is 0 Å². The Balaban J connectivity index is 0.00000441. The second-order valence-electron chi connectivity index (χ2n) is 4.31. The third-order valence-corrected chi connectivity index (χ3v) is 3.27. The molecule has 0 radical (unpaired) electrons. The van der Waals surface area contributed by atoms with E-state index in [1.165, 1.54) is 0 Å². The van der Waals surface area contributed by atoms with Gasteiger partial charge in [0.25, 0.3) is 0 Å². The molecule has 124 valence electrons. The van der Waals surface area contributed by atoms with Crippen LogP contribution >= 0.6 is 12.2 Å². The summed E-state index contributed by atoms with van der Waals surface area (Å²) in [5.41, 5.74) is 0. The summed E-state index contributed by atoms with van der Waals surface area (Å²) in [6.45, 7) is 6.97. The van der Waals surface area contributed by atoms with Crippen LogP contribution in [-0.4, -0.2) is 88.4 Å². The van der Waals surface area contributed by atoms with E-state index in [2.05, 4.69) is 0 Å². The normalized spacial score (nSPS) is 21.2. The average molecular weight is 361 g/mol. The van der Waals surface area contributed by atoms with Gasteiger partial charge in [0.15, 0.2) is 0 Å². The van der Waals surface area contributed by atoms with Crippen molar-refractivity contribution in [3.8, 4) is 0 Å². The molecule has 0 amide bonds. The van der Waals surface area contributed by atoms with Crippen molar-refractivity contribution in [2.45, 2.75) is 0 Å². The zero-order valence-corrected chi connectivity index (χ0v) is 16.9. The van der Waals surface area contributed by atoms with Crippen molar-refractivity contribution in [3.05, 3.63) is 0 Å². The molecule has 0 aromatic heterocycles. The fourth-order valence-electron chi connectivity index (χ4n) is 1.63. The Morgan fingerprint density at radius 3 is 1.18 bits per heavy atom. The molecule has 1 aliphatic heterocycles. The smallest absolute Gasteiger partial charge is 0.411 e. The summed E-state index contributed by atoms with van der Waals surface area (Å²) in [6.07, 6.45) is 0. The van der Waals surface area contributed by atoms with Crippen molar-refractivity contribution >= 4 is 29.2 Å². The van der Waals surface area contributed by atoms with Gasteiger partial charge in [-0.15, -0.1) is 0 Å².